The molecule has 1 aromatic heterocycles. The summed E-state index contributed by atoms with van der Waals surface area (Å²) in [5.41, 5.74) is 4.85. The zero-order valence-electron chi connectivity index (χ0n) is 15.5. The van der Waals surface area contributed by atoms with Crippen molar-refractivity contribution in [3.63, 3.8) is 0 Å². The zero-order valence-corrected chi connectivity index (χ0v) is 15.5. The Morgan fingerprint density at radius 1 is 1.18 bits per heavy atom. The average molecular weight is 377 g/mol. The lowest BCUT2D eigenvalue weighted by Crippen LogP contribution is -2.23. The maximum absolute atomic E-state index is 11.5. The van der Waals surface area contributed by atoms with Crippen LogP contribution in [0, 0.1) is 0 Å². The van der Waals surface area contributed by atoms with Crippen molar-refractivity contribution >= 4 is 5.97 Å². The first-order valence-corrected chi connectivity index (χ1v) is 9.46. The molecule has 3 N–H and O–H groups in total. The number of aromatic nitrogens is 2. The number of hydrogen-bond donors (Lipinski definition) is 3. The van der Waals surface area contributed by atoms with Crippen molar-refractivity contribution in [2.24, 2.45) is 0 Å². The Labute approximate surface area is 163 Å². The topological polar surface area (TPSA) is 89.5 Å². The monoisotopic (exact) mass is 377 g/mol. The van der Waals surface area contributed by atoms with E-state index in [0.29, 0.717) is 5.56 Å². The number of carbonyl (C=O) groups is 1. The maximum atomic E-state index is 11.5. The van der Waals surface area contributed by atoms with Crippen molar-refractivity contribution in [1.82, 2.24) is 15.1 Å². The molecule has 1 aliphatic rings. The average Bonchev–Trinajstić information content (AvgIpc) is 3.37. The van der Waals surface area contributed by atoms with Crippen LogP contribution in [0.2, 0.25) is 0 Å². The van der Waals surface area contributed by atoms with Crippen molar-refractivity contribution in [2.75, 3.05) is 6.54 Å². The standard InChI is InChI=1S/C22H23N3O3/c26-14-17-12-20(24-23-17)21-6-3-11-25(21)13-15-7-9-16(10-8-15)18-4-1-2-5-19(18)22(27)28/h1-2,4-5,7-10,12,21,26H,3,6,11,13-14H2,(H,23,24)(H,27,28)/t21-/m1/s1. The van der Waals surface area contributed by atoms with Gasteiger partial charge in [0, 0.05) is 6.54 Å². The largest absolute Gasteiger partial charge is 0.478 e. The Kier molecular flexibility index (Phi) is 5.23. The summed E-state index contributed by atoms with van der Waals surface area (Å²) in [6.07, 6.45) is 2.18. The Morgan fingerprint density at radius 2 is 1.96 bits per heavy atom. The molecule has 4 rings (SSSR count). The fourth-order valence-corrected chi connectivity index (χ4v) is 3.93. The van der Waals surface area contributed by atoms with Gasteiger partial charge in [-0.25, -0.2) is 4.79 Å². The summed E-state index contributed by atoms with van der Waals surface area (Å²) in [5.74, 6) is -0.916. The summed E-state index contributed by atoms with van der Waals surface area (Å²) in [6, 6.07) is 17.4. The first-order chi connectivity index (χ1) is 13.7. The number of hydrogen-bond acceptors (Lipinski definition) is 4. The molecule has 1 fully saturated rings. The van der Waals surface area contributed by atoms with Crippen LogP contribution in [0.25, 0.3) is 11.1 Å². The number of carboxylic acids is 1. The molecular weight excluding hydrogens is 354 g/mol. The van der Waals surface area contributed by atoms with Crippen LogP contribution in [0.3, 0.4) is 0 Å². The number of aromatic carboxylic acids is 1. The number of carboxylic acid groups (broad SMARTS) is 1. The number of nitrogens with one attached hydrogen (secondary N) is 1. The van der Waals surface area contributed by atoms with Crippen molar-refractivity contribution < 1.29 is 15.0 Å². The normalized spacial score (nSPS) is 17.1. The molecule has 0 saturated carbocycles. The summed E-state index contributed by atoms with van der Waals surface area (Å²) in [6.45, 7) is 1.79. The SMILES string of the molecule is O=C(O)c1ccccc1-c1ccc(CN2CCC[C@@H]2c2cc(CO)[nH]n2)cc1. The molecule has 3 aromatic rings. The fourth-order valence-electron chi connectivity index (χ4n) is 3.93. The van der Waals surface area contributed by atoms with E-state index in [9.17, 15) is 15.0 Å². The summed E-state index contributed by atoms with van der Waals surface area (Å²) in [5, 5.41) is 25.9. The fraction of sp³-hybridized carbons (Fsp3) is 0.273. The minimum Gasteiger partial charge on any atom is -0.478 e. The lowest BCUT2D eigenvalue weighted by Gasteiger charge is -2.23. The van der Waals surface area contributed by atoms with E-state index in [4.69, 9.17) is 0 Å². The molecule has 0 unspecified atom stereocenters. The molecule has 0 amide bonds. The Hall–Kier alpha value is -2.96. The number of nitrogens with zero attached hydrogens (tertiary/aromatic N) is 2. The zero-order chi connectivity index (χ0) is 19.5. The van der Waals surface area contributed by atoms with Gasteiger partial charge in [-0.05, 0) is 48.2 Å². The van der Waals surface area contributed by atoms with Crippen LogP contribution in [-0.2, 0) is 13.2 Å². The van der Waals surface area contributed by atoms with E-state index in [0.717, 1.165) is 48.4 Å². The van der Waals surface area contributed by atoms with Crippen LogP contribution in [0.5, 0.6) is 0 Å². The highest BCUT2D eigenvalue weighted by atomic mass is 16.4. The predicted molar refractivity (Wildman–Crippen MR) is 106 cm³/mol. The third-order valence-corrected chi connectivity index (χ3v) is 5.33. The minimum absolute atomic E-state index is 0.0288. The highest BCUT2D eigenvalue weighted by molar-refractivity contribution is 5.95. The van der Waals surface area contributed by atoms with E-state index in [1.165, 1.54) is 5.56 Å². The smallest absolute Gasteiger partial charge is 0.336 e. The van der Waals surface area contributed by atoms with E-state index in [1.54, 1.807) is 12.1 Å². The molecule has 6 nitrogen and oxygen atoms in total. The van der Waals surface area contributed by atoms with Crippen LogP contribution in [-0.4, -0.2) is 37.8 Å². The van der Waals surface area contributed by atoms with E-state index in [-0.39, 0.29) is 12.6 Å². The van der Waals surface area contributed by atoms with Crippen LogP contribution < -0.4 is 0 Å². The number of aromatic amines is 1. The van der Waals surface area contributed by atoms with Gasteiger partial charge in [0.2, 0.25) is 0 Å². The van der Waals surface area contributed by atoms with Gasteiger partial charge in [0.05, 0.1) is 29.6 Å². The maximum Gasteiger partial charge on any atom is 0.336 e. The molecule has 28 heavy (non-hydrogen) atoms. The van der Waals surface area contributed by atoms with Gasteiger partial charge in [0.1, 0.15) is 0 Å². The van der Waals surface area contributed by atoms with Gasteiger partial charge in [-0.3, -0.25) is 10.00 Å². The van der Waals surface area contributed by atoms with Gasteiger partial charge in [-0.15, -0.1) is 0 Å². The van der Waals surface area contributed by atoms with Gasteiger partial charge in [-0.1, -0.05) is 42.5 Å². The molecule has 0 spiro atoms. The minimum atomic E-state index is -0.916. The number of likely N-dealkylation sites (tertiary alicyclic amines) is 1. The Bertz CT molecular complexity index is 965. The lowest BCUT2D eigenvalue weighted by molar-refractivity contribution is 0.0697. The summed E-state index contributed by atoms with van der Waals surface area (Å²) >= 11 is 0. The number of aliphatic hydroxyl groups is 1. The molecule has 1 saturated heterocycles. The molecule has 2 heterocycles. The molecule has 0 aliphatic carbocycles. The van der Waals surface area contributed by atoms with E-state index in [1.807, 2.05) is 30.3 Å². The Balaban J connectivity index is 1.51. The highest BCUT2D eigenvalue weighted by Crippen LogP contribution is 2.33. The van der Waals surface area contributed by atoms with E-state index < -0.39 is 5.97 Å². The van der Waals surface area contributed by atoms with Crippen LogP contribution in [0.4, 0.5) is 0 Å². The summed E-state index contributed by atoms with van der Waals surface area (Å²) in [4.78, 5) is 13.9. The molecule has 144 valence electrons. The Morgan fingerprint density at radius 3 is 2.68 bits per heavy atom. The number of rotatable bonds is 6. The second-order valence-electron chi connectivity index (χ2n) is 7.15. The second-order valence-corrected chi connectivity index (χ2v) is 7.15. The molecule has 1 aliphatic heterocycles. The van der Waals surface area contributed by atoms with Crippen molar-refractivity contribution in [3.8, 4) is 11.1 Å². The van der Waals surface area contributed by atoms with Gasteiger partial charge < -0.3 is 10.2 Å². The summed E-state index contributed by atoms with van der Waals surface area (Å²) in [7, 11) is 0. The molecule has 0 bridgehead atoms. The predicted octanol–water partition coefficient (Wildman–Crippen LogP) is 3.60. The number of aliphatic hydroxyl groups excluding tert-OH is 1. The summed E-state index contributed by atoms with van der Waals surface area (Å²) < 4.78 is 0. The van der Waals surface area contributed by atoms with Crippen molar-refractivity contribution in [3.05, 3.63) is 77.1 Å². The molecule has 1 atom stereocenters. The first-order valence-electron chi connectivity index (χ1n) is 9.46. The molecular formula is C22H23N3O3. The second kappa shape index (κ2) is 7.96. The first kappa shape index (κ1) is 18.4. The van der Waals surface area contributed by atoms with Crippen molar-refractivity contribution in [2.45, 2.75) is 32.0 Å². The van der Waals surface area contributed by atoms with Gasteiger partial charge >= 0.3 is 5.97 Å². The lowest BCUT2D eigenvalue weighted by atomic mass is 9.98. The number of benzene rings is 2. The molecule has 6 heteroatoms. The van der Waals surface area contributed by atoms with Gasteiger partial charge in [0.15, 0.2) is 0 Å². The number of H-pyrrole nitrogens is 1. The van der Waals surface area contributed by atoms with E-state index in [2.05, 4.69) is 27.2 Å². The highest BCUT2D eigenvalue weighted by Gasteiger charge is 2.28. The van der Waals surface area contributed by atoms with Crippen molar-refractivity contribution in [1.29, 1.82) is 0 Å². The molecule has 2 aromatic carbocycles. The van der Waals surface area contributed by atoms with Crippen LogP contribution >= 0.6 is 0 Å². The van der Waals surface area contributed by atoms with Crippen LogP contribution in [0.15, 0.2) is 54.6 Å². The molecule has 0 radical (unpaired) electrons. The van der Waals surface area contributed by atoms with E-state index >= 15 is 0 Å². The third-order valence-electron chi connectivity index (χ3n) is 5.33. The quantitative estimate of drug-likeness (QED) is 0.611. The van der Waals surface area contributed by atoms with Gasteiger partial charge in [0.25, 0.3) is 0 Å². The van der Waals surface area contributed by atoms with Crippen LogP contribution in [0.1, 0.15) is 46.2 Å². The third kappa shape index (κ3) is 3.69. The van der Waals surface area contributed by atoms with Gasteiger partial charge in [-0.2, -0.15) is 5.10 Å².